The molecule has 0 fully saturated rings. The second kappa shape index (κ2) is 4.06. The highest BCUT2D eigenvalue weighted by Gasteiger charge is 2.23. The van der Waals surface area contributed by atoms with Gasteiger partial charge < -0.3 is 10.3 Å². The fraction of sp³-hybridized carbons (Fsp3) is 0.273. The Bertz CT molecular complexity index is 536. The van der Waals surface area contributed by atoms with E-state index in [0.29, 0.717) is 17.5 Å². The lowest BCUT2D eigenvalue weighted by Gasteiger charge is -2.01. The lowest BCUT2D eigenvalue weighted by Crippen LogP contribution is -2.14. The lowest BCUT2D eigenvalue weighted by molar-refractivity contribution is 0.364. The fourth-order valence-corrected chi connectivity index (χ4v) is 1.80. The average Bonchev–Trinajstić information content (AvgIpc) is 2.98. The average molecular weight is 229 g/mol. The maximum Gasteiger partial charge on any atom is 0.240 e. The maximum absolute atomic E-state index is 5.78. The zero-order valence-electron chi connectivity index (χ0n) is 9.02. The Kier molecular flexibility index (Phi) is 2.41. The van der Waals surface area contributed by atoms with E-state index in [1.165, 1.54) is 0 Å². The van der Waals surface area contributed by atoms with E-state index in [1.54, 1.807) is 18.5 Å². The zero-order chi connectivity index (χ0) is 11.7. The van der Waals surface area contributed by atoms with Gasteiger partial charge in [-0.1, -0.05) is 17.3 Å². The van der Waals surface area contributed by atoms with Crippen molar-refractivity contribution in [1.29, 1.82) is 0 Å². The van der Waals surface area contributed by atoms with Crippen LogP contribution in [0, 0.1) is 0 Å². The highest BCUT2D eigenvalue weighted by atomic mass is 16.5. The molecule has 2 unspecified atom stereocenters. The van der Waals surface area contributed by atoms with Gasteiger partial charge in [-0.15, -0.1) is 0 Å². The van der Waals surface area contributed by atoms with Crippen molar-refractivity contribution in [2.45, 2.75) is 18.4 Å². The summed E-state index contributed by atoms with van der Waals surface area (Å²) < 4.78 is 5.20. The van der Waals surface area contributed by atoms with Gasteiger partial charge in [0.15, 0.2) is 0 Å². The molecule has 1 aliphatic rings. The van der Waals surface area contributed by atoms with Crippen molar-refractivity contribution in [1.82, 2.24) is 20.1 Å². The molecule has 2 aromatic heterocycles. The summed E-state index contributed by atoms with van der Waals surface area (Å²) in [7, 11) is 0. The van der Waals surface area contributed by atoms with Crippen molar-refractivity contribution in [3.05, 3.63) is 36.5 Å². The van der Waals surface area contributed by atoms with Crippen molar-refractivity contribution >= 4 is 0 Å². The van der Waals surface area contributed by atoms with Crippen LogP contribution in [0.5, 0.6) is 0 Å². The first-order chi connectivity index (χ1) is 8.33. The molecular weight excluding hydrogens is 218 g/mol. The van der Waals surface area contributed by atoms with E-state index >= 15 is 0 Å². The number of nitrogens with two attached hydrogens (primary N) is 1. The number of allylic oxidation sites excluding steroid dienone is 1. The molecule has 0 saturated carbocycles. The van der Waals surface area contributed by atoms with Crippen molar-refractivity contribution in [3.8, 4) is 11.6 Å². The highest BCUT2D eigenvalue weighted by molar-refractivity contribution is 5.40. The van der Waals surface area contributed by atoms with Crippen LogP contribution >= 0.6 is 0 Å². The number of hydrogen-bond donors (Lipinski definition) is 1. The maximum atomic E-state index is 5.78. The summed E-state index contributed by atoms with van der Waals surface area (Å²) in [6.45, 7) is 0. The molecule has 0 aromatic carbocycles. The molecule has 2 heterocycles. The van der Waals surface area contributed by atoms with Crippen LogP contribution < -0.4 is 5.73 Å². The second-order valence-corrected chi connectivity index (χ2v) is 3.92. The molecule has 17 heavy (non-hydrogen) atoms. The van der Waals surface area contributed by atoms with Gasteiger partial charge in [0, 0.05) is 18.4 Å². The van der Waals surface area contributed by atoms with Gasteiger partial charge in [-0.2, -0.15) is 4.98 Å². The lowest BCUT2D eigenvalue weighted by atomic mass is 10.1. The summed E-state index contributed by atoms with van der Waals surface area (Å²) in [4.78, 5) is 12.4. The van der Waals surface area contributed by atoms with Crippen LogP contribution in [0.2, 0.25) is 0 Å². The van der Waals surface area contributed by atoms with Crippen LogP contribution in [-0.2, 0) is 0 Å². The summed E-state index contributed by atoms with van der Waals surface area (Å²) in [6.07, 6.45) is 8.03. The largest absolute Gasteiger partial charge is 0.338 e. The first kappa shape index (κ1) is 10.1. The molecule has 6 heteroatoms. The van der Waals surface area contributed by atoms with Crippen LogP contribution in [0.3, 0.4) is 0 Å². The Balaban J connectivity index is 1.86. The molecular formula is C11H11N5O. The molecule has 2 aromatic rings. The predicted octanol–water partition coefficient (Wildman–Crippen LogP) is 0.897. The number of aromatic nitrogens is 4. The van der Waals surface area contributed by atoms with Crippen LogP contribution in [0.1, 0.15) is 18.2 Å². The van der Waals surface area contributed by atoms with Crippen LogP contribution in [0.15, 0.2) is 35.1 Å². The quantitative estimate of drug-likeness (QED) is 0.769. The van der Waals surface area contributed by atoms with Crippen LogP contribution in [0.25, 0.3) is 11.6 Å². The van der Waals surface area contributed by atoms with Gasteiger partial charge in [-0.3, -0.25) is 0 Å². The molecule has 1 aliphatic carbocycles. The van der Waals surface area contributed by atoms with Crippen LogP contribution in [-0.4, -0.2) is 26.2 Å². The van der Waals surface area contributed by atoms with E-state index in [-0.39, 0.29) is 12.0 Å². The smallest absolute Gasteiger partial charge is 0.240 e. The molecule has 0 radical (unpaired) electrons. The highest BCUT2D eigenvalue weighted by Crippen LogP contribution is 2.27. The Hall–Kier alpha value is -2.08. The fourth-order valence-electron chi connectivity index (χ4n) is 1.80. The van der Waals surface area contributed by atoms with Crippen molar-refractivity contribution in [3.63, 3.8) is 0 Å². The van der Waals surface area contributed by atoms with Gasteiger partial charge >= 0.3 is 0 Å². The van der Waals surface area contributed by atoms with E-state index in [9.17, 15) is 0 Å². The minimum atomic E-state index is 0.0725. The first-order valence-corrected chi connectivity index (χ1v) is 5.38. The van der Waals surface area contributed by atoms with E-state index in [4.69, 9.17) is 10.3 Å². The molecule has 0 aliphatic heterocycles. The zero-order valence-corrected chi connectivity index (χ0v) is 9.02. The van der Waals surface area contributed by atoms with Gasteiger partial charge in [-0.05, 0) is 12.5 Å². The van der Waals surface area contributed by atoms with Gasteiger partial charge in [0.25, 0.3) is 0 Å². The molecule has 2 atom stereocenters. The third kappa shape index (κ3) is 1.94. The van der Waals surface area contributed by atoms with Crippen LogP contribution in [0.4, 0.5) is 0 Å². The van der Waals surface area contributed by atoms with Gasteiger partial charge in [-0.25, -0.2) is 9.97 Å². The van der Waals surface area contributed by atoms with E-state index in [0.717, 1.165) is 6.42 Å². The minimum absolute atomic E-state index is 0.0725. The van der Waals surface area contributed by atoms with E-state index in [2.05, 4.69) is 20.1 Å². The Labute approximate surface area is 97.6 Å². The predicted molar refractivity (Wildman–Crippen MR) is 59.8 cm³/mol. The summed E-state index contributed by atoms with van der Waals surface area (Å²) >= 11 is 0. The topological polar surface area (TPSA) is 90.7 Å². The number of nitrogens with zero attached hydrogens (tertiary/aromatic N) is 4. The summed E-state index contributed by atoms with van der Waals surface area (Å²) in [6, 6.07) is 1.81. The molecule has 0 saturated heterocycles. The van der Waals surface area contributed by atoms with Crippen molar-refractivity contribution < 1.29 is 4.52 Å². The Morgan fingerprint density at radius 1 is 1.18 bits per heavy atom. The van der Waals surface area contributed by atoms with Gasteiger partial charge in [0.05, 0.1) is 5.92 Å². The third-order valence-electron chi connectivity index (χ3n) is 2.64. The van der Waals surface area contributed by atoms with E-state index in [1.807, 2.05) is 12.2 Å². The van der Waals surface area contributed by atoms with Gasteiger partial charge in [0.1, 0.15) is 0 Å². The SMILES string of the molecule is NC1C=CC(c2nc(-c3ncccn3)no2)C1. The monoisotopic (exact) mass is 229 g/mol. The van der Waals surface area contributed by atoms with E-state index < -0.39 is 0 Å². The standard InChI is InChI=1S/C11H11N5O/c12-8-3-2-7(6-8)11-15-10(16-17-11)9-13-4-1-5-14-9/h1-5,7-8H,6,12H2. The molecule has 0 bridgehead atoms. The summed E-state index contributed by atoms with van der Waals surface area (Å²) in [5, 5.41) is 3.87. The minimum Gasteiger partial charge on any atom is -0.338 e. The van der Waals surface area contributed by atoms with Crippen molar-refractivity contribution in [2.75, 3.05) is 0 Å². The molecule has 6 nitrogen and oxygen atoms in total. The summed E-state index contributed by atoms with van der Waals surface area (Å²) in [5.74, 6) is 1.55. The normalized spacial score (nSPS) is 23.1. The molecule has 86 valence electrons. The van der Waals surface area contributed by atoms with Gasteiger partial charge in [0.2, 0.25) is 17.5 Å². The third-order valence-corrected chi connectivity index (χ3v) is 2.64. The Morgan fingerprint density at radius 3 is 2.71 bits per heavy atom. The van der Waals surface area contributed by atoms with Crippen molar-refractivity contribution in [2.24, 2.45) is 5.73 Å². The molecule has 0 spiro atoms. The first-order valence-electron chi connectivity index (χ1n) is 5.38. The molecule has 0 amide bonds. The number of rotatable bonds is 2. The number of hydrogen-bond acceptors (Lipinski definition) is 6. The molecule has 3 rings (SSSR count). The second-order valence-electron chi connectivity index (χ2n) is 3.92. The molecule has 2 N–H and O–H groups in total. The summed E-state index contributed by atoms with van der Waals surface area (Å²) in [5.41, 5.74) is 5.78. The Morgan fingerprint density at radius 2 is 2.00 bits per heavy atom.